The predicted molar refractivity (Wildman–Crippen MR) is 75.2 cm³/mol. The van der Waals surface area contributed by atoms with Gasteiger partial charge in [-0.25, -0.2) is 0 Å². The summed E-state index contributed by atoms with van der Waals surface area (Å²) >= 11 is 0. The zero-order chi connectivity index (χ0) is 14.4. The number of aliphatic hydroxyl groups is 1. The predicted octanol–water partition coefficient (Wildman–Crippen LogP) is 2.76. The van der Waals surface area contributed by atoms with Crippen LogP contribution in [0.3, 0.4) is 0 Å². The van der Waals surface area contributed by atoms with Crippen molar-refractivity contribution < 1.29 is 14.6 Å². The van der Waals surface area contributed by atoms with E-state index in [1.165, 1.54) is 0 Å². The molecule has 3 aliphatic carbocycles. The molecule has 0 radical (unpaired) electrons. The Morgan fingerprint density at radius 3 is 2.70 bits per heavy atom. The second kappa shape index (κ2) is 3.38. The quantitative estimate of drug-likeness (QED) is 0.547. The third kappa shape index (κ3) is 1.23. The number of rotatable bonds is 0. The smallest absolute Gasteiger partial charge is 0.164 e. The van der Waals surface area contributed by atoms with E-state index in [9.17, 15) is 9.90 Å². The summed E-state index contributed by atoms with van der Waals surface area (Å²) in [5.74, 6) is 0.270. The van der Waals surface area contributed by atoms with Crippen LogP contribution in [0.2, 0.25) is 0 Å². The molecule has 0 unspecified atom stereocenters. The number of ketones is 1. The van der Waals surface area contributed by atoms with E-state index >= 15 is 0 Å². The van der Waals surface area contributed by atoms with Crippen LogP contribution >= 0.6 is 0 Å². The zero-order valence-electron chi connectivity index (χ0n) is 12.5. The van der Waals surface area contributed by atoms with Crippen molar-refractivity contribution >= 4 is 5.78 Å². The fraction of sp³-hybridized carbons (Fsp3) is 0.824. The molecule has 3 nitrogen and oxygen atoms in total. The normalized spacial score (nSPS) is 57.6. The number of hydrogen-bond donors (Lipinski definition) is 1. The van der Waals surface area contributed by atoms with Gasteiger partial charge < -0.3 is 9.84 Å². The minimum atomic E-state index is -0.776. The van der Waals surface area contributed by atoms with Crippen LogP contribution in [-0.2, 0) is 9.53 Å². The van der Waals surface area contributed by atoms with Gasteiger partial charge >= 0.3 is 0 Å². The second-order valence-electron chi connectivity index (χ2n) is 8.15. The van der Waals surface area contributed by atoms with Crippen LogP contribution in [0.1, 0.15) is 58.8 Å². The zero-order valence-corrected chi connectivity index (χ0v) is 12.5. The summed E-state index contributed by atoms with van der Waals surface area (Å²) in [6.45, 7) is 8.56. The summed E-state index contributed by atoms with van der Waals surface area (Å²) in [5.41, 5.74) is -0.339. The van der Waals surface area contributed by atoms with Crippen molar-refractivity contribution in [2.24, 2.45) is 10.8 Å². The van der Waals surface area contributed by atoms with E-state index in [1.807, 2.05) is 0 Å². The van der Waals surface area contributed by atoms with Crippen molar-refractivity contribution in [1.82, 2.24) is 0 Å². The lowest BCUT2D eigenvalue weighted by Crippen LogP contribution is -2.64. The highest BCUT2D eigenvalue weighted by atomic mass is 16.6. The number of hydrogen-bond acceptors (Lipinski definition) is 3. The van der Waals surface area contributed by atoms with Gasteiger partial charge in [0.25, 0.3) is 0 Å². The lowest BCUT2D eigenvalue weighted by atomic mass is 9.45. The largest absolute Gasteiger partial charge is 0.385 e. The molecule has 0 bridgehead atoms. The van der Waals surface area contributed by atoms with Crippen LogP contribution in [0.5, 0.6) is 0 Å². The molecule has 5 atom stereocenters. The number of fused-ring (bicyclic) bond motifs is 1. The summed E-state index contributed by atoms with van der Waals surface area (Å²) < 4.78 is 5.99. The average Bonchev–Trinajstić information content (AvgIpc) is 3.08. The molecule has 1 saturated heterocycles. The number of carbonyl (C=O) groups is 1. The molecular formula is C17H24O3. The molecule has 0 aromatic rings. The van der Waals surface area contributed by atoms with Crippen LogP contribution in [0.15, 0.2) is 12.2 Å². The van der Waals surface area contributed by atoms with E-state index in [0.717, 1.165) is 37.7 Å². The molecule has 3 heteroatoms. The lowest BCUT2D eigenvalue weighted by molar-refractivity contribution is -0.166. The van der Waals surface area contributed by atoms with Gasteiger partial charge in [-0.15, -0.1) is 0 Å². The van der Waals surface area contributed by atoms with Gasteiger partial charge in [0.05, 0.1) is 5.60 Å². The van der Waals surface area contributed by atoms with Gasteiger partial charge in [-0.3, -0.25) is 4.79 Å². The Labute approximate surface area is 120 Å². The van der Waals surface area contributed by atoms with Gasteiger partial charge in [-0.2, -0.15) is 0 Å². The molecule has 3 saturated carbocycles. The van der Waals surface area contributed by atoms with Crippen LogP contribution in [0.4, 0.5) is 0 Å². The number of Topliss-reactive ketones (excluding diaryl/α,β-unsaturated/α-hetero) is 1. The third-order valence-corrected chi connectivity index (χ3v) is 7.02. The van der Waals surface area contributed by atoms with Gasteiger partial charge in [0.2, 0.25) is 0 Å². The fourth-order valence-corrected chi connectivity index (χ4v) is 5.54. The van der Waals surface area contributed by atoms with Crippen molar-refractivity contribution in [3.05, 3.63) is 12.2 Å². The van der Waals surface area contributed by atoms with Crippen molar-refractivity contribution in [1.29, 1.82) is 0 Å². The minimum absolute atomic E-state index is 0.0832. The first-order valence-electron chi connectivity index (χ1n) is 7.88. The highest BCUT2D eigenvalue weighted by molar-refractivity contribution is 5.88. The van der Waals surface area contributed by atoms with Crippen molar-refractivity contribution in [2.45, 2.75) is 76.1 Å². The molecule has 1 spiro atoms. The first-order valence-corrected chi connectivity index (χ1v) is 7.88. The number of epoxide rings is 1. The van der Waals surface area contributed by atoms with Gasteiger partial charge in [0, 0.05) is 17.3 Å². The molecule has 4 aliphatic rings. The molecule has 110 valence electrons. The molecule has 0 amide bonds. The molecule has 4 rings (SSSR count). The van der Waals surface area contributed by atoms with E-state index in [2.05, 4.69) is 20.4 Å². The fourth-order valence-electron chi connectivity index (χ4n) is 5.54. The molecule has 4 fully saturated rings. The van der Waals surface area contributed by atoms with Crippen LogP contribution in [-0.4, -0.2) is 28.2 Å². The van der Waals surface area contributed by atoms with E-state index in [4.69, 9.17) is 4.74 Å². The molecule has 0 aromatic carbocycles. The average molecular weight is 276 g/mol. The summed E-state index contributed by atoms with van der Waals surface area (Å²) in [4.78, 5) is 12.0. The minimum Gasteiger partial charge on any atom is -0.385 e. The maximum atomic E-state index is 12.0. The second-order valence-corrected chi connectivity index (χ2v) is 8.15. The van der Waals surface area contributed by atoms with E-state index in [-0.39, 0.29) is 28.3 Å². The van der Waals surface area contributed by atoms with Crippen LogP contribution in [0.25, 0.3) is 0 Å². The van der Waals surface area contributed by atoms with E-state index in [0.29, 0.717) is 12.8 Å². The Hall–Kier alpha value is -0.670. The SMILES string of the molecule is C=C1CCC[C@@]2(C)C[C@]34O[C@@H]3C(=O)CC[C@]4(C)C[C@@]12O. The molecule has 20 heavy (non-hydrogen) atoms. The molecule has 1 N–H and O–H groups in total. The maximum absolute atomic E-state index is 12.0. The van der Waals surface area contributed by atoms with Crippen LogP contribution in [0, 0.1) is 10.8 Å². The highest BCUT2D eigenvalue weighted by Gasteiger charge is 2.78. The standard InChI is InChI=1S/C17H24O3/c1-11-5-4-7-14(2)10-17-13(20-17)12(18)6-8-15(17,3)9-16(11,14)19/h13,19H,1,4-10H2,2-3H3/t13-,14+,15-,16-,17+/m1/s1. The van der Waals surface area contributed by atoms with E-state index in [1.54, 1.807) is 0 Å². The van der Waals surface area contributed by atoms with Crippen molar-refractivity contribution in [3.8, 4) is 0 Å². The molecule has 1 heterocycles. The summed E-state index contributed by atoms with van der Waals surface area (Å²) in [6, 6.07) is 0. The topological polar surface area (TPSA) is 49.8 Å². The number of carbonyl (C=O) groups excluding carboxylic acids is 1. The lowest BCUT2D eigenvalue weighted by Gasteiger charge is -2.61. The molecule has 1 aliphatic heterocycles. The third-order valence-electron chi connectivity index (χ3n) is 7.02. The Morgan fingerprint density at radius 2 is 1.95 bits per heavy atom. The van der Waals surface area contributed by atoms with E-state index < -0.39 is 5.60 Å². The van der Waals surface area contributed by atoms with Crippen LogP contribution < -0.4 is 0 Å². The Morgan fingerprint density at radius 1 is 1.20 bits per heavy atom. The monoisotopic (exact) mass is 276 g/mol. The summed E-state index contributed by atoms with van der Waals surface area (Å²) in [7, 11) is 0. The maximum Gasteiger partial charge on any atom is 0.164 e. The van der Waals surface area contributed by atoms with Crippen molar-refractivity contribution in [3.63, 3.8) is 0 Å². The van der Waals surface area contributed by atoms with Gasteiger partial charge in [0.1, 0.15) is 11.7 Å². The Kier molecular flexibility index (Phi) is 2.20. The molecule has 0 aromatic heterocycles. The number of ether oxygens (including phenoxy) is 1. The summed E-state index contributed by atoms with van der Waals surface area (Å²) in [5, 5.41) is 11.4. The summed E-state index contributed by atoms with van der Waals surface area (Å²) in [6.07, 6.45) is 5.78. The Bertz CT molecular complexity index is 526. The van der Waals surface area contributed by atoms with Gasteiger partial charge in [-0.05, 0) is 44.1 Å². The van der Waals surface area contributed by atoms with Crippen molar-refractivity contribution in [2.75, 3.05) is 0 Å². The Balaban J connectivity index is 1.80. The van der Waals surface area contributed by atoms with Gasteiger partial charge in [-0.1, -0.05) is 20.4 Å². The highest BCUT2D eigenvalue weighted by Crippen LogP contribution is 2.71. The first-order chi connectivity index (χ1) is 9.27. The molecular weight excluding hydrogens is 252 g/mol. The van der Waals surface area contributed by atoms with Gasteiger partial charge in [0.15, 0.2) is 5.78 Å². The first kappa shape index (κ1) is 13.0.